The molecule has 32 heteroatoms. The number of hydrogen-bond donors (Lipinski definition) is 7. The predicted octanol–water partition coefficient (Wildman–Crippen LogP) is -0.775. The molecule has 0 saturated heterocycles. The molecule has 8 N–H and O–H groups in total. The number of sulfone groups is 1. The molecular weight excluding hydrogens is 937 g/mol. The number of amidine groups is 1. The van der Waals surface area contributed by atoms with Gasteiger partial charge in [0.25, 0.3) is 30.4 Å². The number of aliphatic imine (C=N–C) groups is 1. The Kier molecular flexibility index (Phi) is 14.6. The fraction of sp³-hybridized carbons (Fsp3) is 0.0714. The fourth-order valence-electron chi connectivity index (χ4n) is 4.82. The molecule has 1 aromatic heterocycles. The molecule has 60 heavy (non-hydrogen) atoms. The molecule has 0 radical (unpaired) electrons. The van der Waals surface area contributed by atoms with Gasteiger partial charge in [-0.1, -0.05) is 6.07 Å². The number of benzene rings is 4. The van der Waals surface area contributed by atoms with E-state index in [2.05, 4.69) is 45.0 Å². The Hall–Kier alpha value is -4.54. The van der Waals surface area contributed by atoms with Crippen LogP contribution in [0.1, 0.15) is 0 Å². The standard InChI is InChI=1S/C28H24ClN9O16S5.Na/c29-25-34-27(31-15-2-1-3-17(10-15)55(40,41)7-6-54-59(51,52)53)36-28(35-25)32-16-4-5-20(21(11-16)33-26(30)39)37-38-22-13-19-14(9-24(22)58(48,49)50)8-18(56(42,43)44)12-23(19)57(45,46)47;/h1-5,8-13H,6-7H2,(H3,30,33,39)(H,42,43,44)(H,45,46,47)(H,48,49,50)(H,51,52,53)(H2,31,32,34,35,36);/q;+1/p-1. The van der Waals surface area contributed by atoms with Crippen molar-refractivity contribution < 1.29 is 99.1 Å². The molecule has 0 aliphatic carbocycles. The summed E-state index contributed by atoms with van der Waals surface area (Å²) < 4.78 is 161. The quantitative estimate of drug-likeness (QED) is 0.0222. The summed E-state index contributed by atoms with van der Waals surface area (Å²) >= 11 is 6.07. The number of halogens is 1. The van der Waals surface area contributed by atoms with Crippen molar-refractivity contribution in [1.29, 1.82) is 0 Å². The zero-order valence-electron chi connectivity index (χ0n) is 29.6. The monoisotopic (exact) mass is 959 g/mol. The van der Waals surface area contributed by atoms with E-state index in [0.717, 1.165) is 12.1 Å². The number of rotatable bonds is 15. The molecule has 0 unspecified atom stereocenters. The van der Waals surface area contributed by atoms with Crippen LogP contribution in [-0.4, -0.2) is 93.6 Å². The maximum atomic E-state index is 12.7. The third-order valence-corrected chi connectivity index (χ3v) is 12.1. The number of fused-ring (bicyclic) bond motifs is 1. The molecule has 5 aromatic rings. The molecule has 1 heterocycles. The van der Waals surface area contributed by atoms with Gasteiger partial charge in [0.15, 0.2) is 9.84 Å². The van der Waals surface area contributed by atoms with Gasteiger partial charge in [-0.2, -0.15) is 48.6 Å². The van der Waals surface area contributed by atoms with Crippen molar-refractivity contribution in [3.05, 3.63) is 72.0 Å². The molecule has 5 rings (SSSR count). The van der Waals surface area contributed by atoms with E-state index in [1.165, 1.54) is 30.3 Å². The van der Waals surface area contributed by atoms with E-state index in [4.69, 9.17) is 21.9 Å². The molecule has 0 saturated carbocycles. The Morgan fingerprint density at radius 3 is 1.87 bits per heavy atom. The number of nitrogens with two attached hydrogens (primary N) is 1. The first-order valence-corrected chi connectivity index (χ1v) is 22.9. The van der Waals surface area contributed by atoms with Crippen LogP contribution < -0.4 is 51.0 Å². The molecule has 25 nitrogen and oxygen atoms in total. The smallest absolute Gasteiger partial charge is 0.846 e. The minimum Gasteiger partial charge on any atom is -0.846 e. The molecule has 4 aromatic carbocycles. The molecule has 0 bridgehead atoms. The molecule has 0 fully saturated rings. The molecular formula is C28H23ClN9NaO16S5. The van der Waals surface area contributed by atoms with Gasteiger partial charge in [0, 0.05) is 16.8 Å². The van der Waals surface area contributed by atoms with Gasteiger partial charge in [-0.3, -0.25) is 18.2 Å². The van der Waals surface area contributed by atoms with Crippen LogP contribution in [0.25, 0.3) is 10.8 Å². The van der Waals surface area contributed by atoms with Crippen LogP contribution in [0.2, 0.25) is 5.28 Å². The van der Waals surface area contributed by atoms with Gasteiger partial charge < -0.3 is 21.5 Å². The van der Waals surface area contributed by atoms with Crippen LogP contribution in [0.3, 0.4) is 0 Å². The van der Waals surface area contributed by atoms with Crippen molar-refractivity contribution in [2.45, 2.75) is 19.6 Å². The van der Waals surface area contributed by atoms with Crippen LogP contribution in [0, 0.1) is 0 Å². The van der Waals surface area contributed by atoms with E-state index in [1.807, 2.05) is 0 Å². The van der Waals surface area contributed by atoms with Crippen LogP contribution in [-0.2, 0) is 54.8 Å². The summed E-state index contributed by atoms with van der Waals surface area (Å²) in [4.78, 5) is 12.2. The minimum atomic E-state index is -5.24. The Labute approximate surface area is 366 Å². The van der Waals surface area contributed by atoms with E-state index >= 15 is 0 Å². The number of nitrogens with zero attached hydrogens (tertiary/aromatic N) is 6. The number of hydrogen-bond acceptors (Lipinski definition) is 20. The van der Waals surface area contributed by atoms with Crippen LogP contribution in [0.4, 0.5) is 40.3 Å². The van der Waals surface area contributed by atoms with Crippen molar-refractivity contribution in [2.24, 2.45) is 21.0 Å². The maximum absolute atomic E-state index is 12.7. The first-order valence-electron chi connectivity index (χ1n) is 15.2. The van der Waals surface area contributed by atoms with E-state index in [1.54, 1.807) is 0 Å². The summed E-state index contributed by atoms with van der Waals surface area (Å²) in [6.07, 6.45) is 0. The topological polar surface area (TPSA) is 410 Å². The number of nitrogens with one attached hydrogen (secondary N) is 2. The molecule has 0 aliphatic rings. The van der Waals surface area contributed by atoms with Crippen molar-refractivity contribution in [2.75, 3.05) is 23.0 Å². The normalized spacial score (nSPS) is 13.0. The Morgan fingerprint density at radius 2 is 1.30 bits per heavy atom. The van der Waals surface area contributed by atoms with Crippen molar-refractivity contribution in [3.8, 4) is 0 Å². The summed E-state index contributed by atoms with van der Waals surface area (Å²) in [5.41, 5.74) is 4.08. The first kappa shape index (κ1) is 48.1. The van der Waals surface area contributed by atoms with Gasteiger partial charge in [0.1, 0.15) is 21.2 Å². The number of azo groups is 1. The van der Waals surface area contributed by atoms with Gasteiger partial charge in [-0.25, -0.2) is 17.6 Å². The molecule has 0 amide bonds. The van der Waals surface area contributed by atoms with Crippen molar-refractivity contribution in [1.82, 2.24) is 15.0 Å². The minimum absolute atomic E-state index is 0. The second-order valence-electron chi connectivity index (χ2n) is 11.3. The average Bonchev–Trinajstić information content (AvgIpc) is 3.08. The summed E-state index contributed by atoms with van der Waals surface area (Å²) in [7, 11) is -24.5. The summed E-state index contributed by atoms with van der Waals surface area (Å²) in [6.45, 7) is -0.861. The maximum Gasteiger partial charge on any atom is 1.00 e. The summed E-state index contributed by atoms with van der Waals surface area (Å²) in [5, 5.41) is 23.5. The van der Waals surface area contributed by atoms with E-state index in [9.17, 15) is 60.9 Å². The van der Waals surface area contributed by atoms with Gasteiger partial charge in [0.05, 0.1) is 33.9 Å². The Morgan fingerprint density at radius 1 is 0.700 bits per heavy atom. The predicted molar refractivity (Wildman–Crippen MR) is 203 cm³/mol. The van der Waals surface area contributed by atoms with Gasteiger partial charge in [-0.05, 0) is 77.7 Å². The Balaban J connectivity index is 0.00000794. The van der Waals surface area contributed by atoms with Crippen molar-refractivity contribution in [3.63, 3.8) is 0 Å². The van der Waals surface area contributed by atoms with Gasteiger partial charge >= 0.3 is 40.0 Å². The number of aromatic nitrogens is 3. The van der Waals surface area contributed by atoms with Gasteiger partial charge in [-0.15, -0.1) is 10.2 Å². The average molecular weight is 960 g/mol. The van der Waals surface area contributed by atoms with Crippen LogP contribution in [0.5, 0.6) is 0 Å². The summed E-state index contributed by atoms with van der Waals surface area (Å²) in [5.74, 6) is -1.26. The second kappa shape index (κ2) is 18.2. The third kappa shape index (κ3) is 12.7. The van der Waals surface area contributed by atoms with E-state index < -0.39 is 100 Å². The number of anilines is 4. The van der Waals surface area contributed by atoms with E-state index in [0.29, 0.717) is 24.3 Å². The van der Waals surface area contributed by atoms with Crippen LogP contribution in [0.15, 0.2) is 102 Å². The Bertz CT molecular complexity index is 3160. The van der Waals surface area contributed by atoms with Crippen LogP contribution >= 0.6 is 11.6 Å². The molecule has 314 valence electrons. The van der Waals surface area contributed by atoms with Gasteiger partial charge in [0.2, 0.25) is 17.2 Å². The zero-order chi connectivity index (χ0) is 43.7. The molecule has 0 aliphatic heterocycles. The largest absolute Gasteiger partial charge is 1.00 e. The fourth-order valence-corrected chi connectivity index (χ4v) is 8.50. The summed E-state index contributed by atoms with van der Waals surface area (Å²) in [6, 6.07) is 9.84. The first-order chi connectivity index (χ1) is 27.2. The molecule has 0 atom stereocenters. The third-order valence-electron chi connectivity index (χ3n) is 7.19. The second-order valence-corrected chi connectivity index (χ2v) is 19.1. The molecule has 0 spiro atoms. The van der Waals surface area contributed by atoms with E-state index in [-0.39, 0.29) is 74.4 Å². The zero-order valence-corrected chi connectivity index (χ0v) is 36.5. The van der Waals surface area contributed by atoms with Crippen molar-refractivity contribution >= 4 is 119 Å². The SMILES string of the molecule is NC([O-])=Nc1cc(Nc2nc(Cl)nc(Nc3cccc(S(=O)(=O)CCOS(=O)(=O)O)c3)n2)ccc1N=Nc1cc2c(S(=O)(=O)O)cc(S(=O)(=O)O)cc2cc1S(=O)(=O)O.[Na+].